The summed E-state index contributed by atoms with van der Waals surface area (Å²) in [6.07, 6.45) is 0. The van der Waals surface area contributed by atoms with Gasteiger partial charge in [0.15, 0.2) is 0 Å². The van der Waals surface area contributed by atoms with E-state index in [2.05, 4.69) is 0 Å². The topological polar surface area (TPSA) is 155 Å². The number of aryl methyl sites for hydroxylation is 2. The molecule has 0 saturated heterocycles. The van der Waals surface area contributed by atoms with Gasteiger partial charge >= 0.3 is 19.5 Å². The van der Waals surface area contributed by atoms with Crippen molar-refractivity contribution in [2.24, 2.45) is 0 Å². The van der Waals surface area contributed by atoms with Crippen LogP contribution in [0.2, 0.25) is 0 Å². The van der Waals surface area contributed by atoms with Crippen molar-refractivity contribution in [3.05, 3.63) is 47.5 Å². The largest absolute Gasteiger partial charge is 2.00 e. The van der Waals surface area contributed by atoms with Crippen molar-refractivity contribution in [2.75, 3.05) is 0 Å². The zero-order chi connectivity index (χ0) is 18.7. The van der Waals surface area contributed by atoms with Gasteiger partial charge in [0.1, 0.15) is 31.7 Å². The van der Waals surface area contributed by atoms with E-state index < -0.39 is 41.5 Å². The molecule has 0 atom stereocenters. The Morgan fingerprint density at radius 3 is 1.20 bits per heavy atom. The third kappa shape index (κ3) is 6.37. The summed E-state index contributed by atoms with van der Waals surface area (Å²) in [5, 5.41) is 18.3. The molecule has 0 amide bonds. The van der Waals surface area contributed by atoms with Gasteiger partial charge < -0.3 is 19.3 Å². The van der Waals surface area contributed by atoms with Crippen LogP contribution in [0.25, 0.3) is 0 Å². The van der Waals surface area contributed by atoms with E-state index in [4.69, 9.17) is 10.2 Å². The van der Waals surface area contributed by atoms with Gasteiger partial charge in [0, 0.05) is 0 Å². The number of rotatable bonds is 2. The fraction of sp³-hybridized carbons (Fsp3) is 0.143. The fourth-order valence-corrected chi connectivity index (χ4v) is 2.95. The Balaban J connectivity index is 0.000000443. The summed E-state index contributed by atoms with van der Waals surface area (Å²) in [6.45, 7) is 3.04. The van der Waals surface area contributed by atoms with Crippen molar-refractivity contribution >= 4 is 20.2 Å². The number of hydrogen-bond donors (Lipinski definition) is 2. The standard InChI is InChI=1S/2C7H8O4S.Zn/c2*1-5-3-2-4-6(7(5)8)12(9,10)11;/h2*2-4,8H,1H3,(H,9,10,11);/q;;+2/p-2. The van der Waals surface area contributed by atoms with Crippen LogP contribution in [0.5, 0.6) is 11.5 Å². The Morgan fingerprint density at radius 1 is 0.720 bits per heavy atom. The van der Waals surface area contributed by atoms with E-state index in [0.717, 1.165) is 12.1 Å². The molecule has 0 aromatic heterocycles. The minimum Gasteiger partial charge on any atom is -0.744 e. The molecule has 0 saturated carbocycles. The summed E-state index contributed by atoms with van der Waals surface area (Å²) < 4.78 is 62.9. The van der Waals surface area contributed by atoms with Gasteiger partial charge in [-0.1, -0.05) is 24.3 Å². The SMILES string of the molecule is Cc1cccc(S(=O)(=O)[O-])c1O.Cc1cccc(S(=O)(=O)[O-])c1O.[Zn+2]. The molecule has 0 aliphatic rings. The predicted octanol–water partition coefficient (Wildman–Crippen LogP) is 1.21. The van der Waals surface area contributed by atoms with Gasteiger partial charge in [0.2, 0.25) is 0 Å². The van der Waals surface area contributed by atoms with Crippen LogP contribution in [0.4, 0.5) is 0 Å². The van der Waals surface area contributed by atoms with Crippen molar-refractivity contribution in [1.29, 1.82) is 0 Å². The Bertz CT molecular complexity index is 873. The predicted molar refractivity (Wildman–Crippen MR) is 81.6 cm³/mol. The first-order chi connectivity index (χ1) is 10.9. The maximum atomic E-state index is 10.5. The molecule has 0 unspecified atom stereocenters. The molecule has 0 heterocycles. The van der Waals surface area contributed by atoms with Gasteiger partial charge in [-0.15, -0.1) is 0 Å². The van der Waals surface area contributed by atoms with E-state index in [1.54, 1.807) is 0 Å². The zero-order valence-corrected chi connectivity index (χ0v) is 17.9. The van der Waals surface area contributed by atoms with Crippen LogP contribution < -0.4 is 0 Å². The van der Waals surface area contributed by atoms with Gasteiger partial charge in [0.05, 0.1) is 9.79 Å². The van der Waals surface area contributed by atoms with Crippen molar-refractivity contribution in [2.45, 2.75) is 23.6 Å². The maximum Gasteiger partial charge on any atom is 2.00 e. The number of aromatic hydroxyl groups is 2. The molecule has 2 rings (SSSR count). The minimum atomic E-state index is -4.56. The normalized spacial score (nSPS) is 11.0. The summed E-state index contributed by atoms with van der Waals surface area (Å²) in [6, 6.07) is 7.99. The van der Waals surface area contributed by atoms with Crippen LogP contribution in [0.1, 0.15) is 11.1 Å². The number of phenols is 2. The van der Waals surface area contributed by atoms with Crippen LogP contribution in [0, 0.1) is 13.8 Å². The maximum absolute atomic E-state index is 10.5. The second kappa shape index (κ2) is 8.73. The van der Waals surface area contributed by atoms with Crippen LogP contribution in [0.3, 0.4) is 0 Å². The number of benzene rings is 2. The van der Waals surface area contributed by atoms with Crippen molar-refractivity contribution in [1.82, 2.24) is 0 Å². The molecule has 0 spiro atoms. The molecule has 25 heavy (non-hydrogen) atoms. The van der Waals surface area contributed by atoms with Crippen LogP contribution in [0.15, 0.2) is 46.2 Å². The average molecular weight is 440 g/mol. The second-order valence-electron chi connectivity index (χ2n) is 4.75. The first kappa shape index (κ1) is 23.5. The number of phenolic OH excluding ortho intramolecular Hbond substituents is 2. The van der Waals surface area contributed by atoms with E-state index in [9.17, 15) is 25.9 Å². The Labute approximate surface area is 158 Å². The molecule has 0 aliphatic carbocycles. The first-order valence-electron chi connectivity index (χ1n) is 6.34. The van der Waals surface area contributed by atoms with Gasteiger partial charge in [-0.2, -0.15) is 0 Å². The molecule has 11 heteroatoms. The van der Waals surface area contributed by atoms with Crippen LogP contribution >= 0.6 is 0 Å². The fourth-order valence-electron chi connectivity index (χ4n) is 1.67. The molecule has 0 aliphatic heterocycles. The van der Waals surface area contributed by atoms with E-state index in [-0.39, 0.29) is 19.5 Å². The summed E-state index contributed by atoms with van der Waals surface area (Å²) in [5.41, 5.74) is 0.735. The van der Waals surface area contributed by atoms with E-state index in [1.165, 1.54) is 38.1 Å². The molecule has 0 radical (unpaired) electrons. The molecule has 2 aromatic carbocycles. The van der Waals surface area contributed by atoms with E-state index >= 15 is 0 Å². The summed E-state index contributed by atoms with van der Waals surface area (Å²) in [4.78, 5) is -1.13. The van der Waals surface area contributed by atoms with Crippen LogP contribution in [-0.4, -0.2) is 36.2 Å². The monoisotopic (exact) mass is 438 g/mol. The van der Waals surface area contributed by atoms with E-state index in [1.807, 2.05) is 0 Å². The van der Waals surface area contributed by atoms with Crippen molar-refractivity contribution < 1.29 is 55.6 Å². The minimum absolute atomic E-state index is 0. The smallest absolute Gasteiger partial charge is 0.744 e. The summed E-state index contributed by atoms with van der Waals surface area (Å²) in [5.74, 6) is -0.931. The molecule has 2 N–H and O–H groups in total. The van der Waals surface area contributed by atoms with Gasteiger partial charge in [-0.25, -0.2) is 16.8 Å². The molecular formula is C14H14O8S2Zn. The molecular weight excluding hydrogens is 426 g/mol. The Morgan fingerprint density at radius 2 is 1.00 bits per heavy atom. The van der Waals surface area contributed by atoms with E-state index in [0.29, 0.717) is 11.1 Å². The first-order valence-corrected chi connectivity index (χ1v) is 9.16. The Kier molecular flexibility index (Phi) is 8.20. The molecule has 2 aromatic rings. The third-order valence-corrected chi connectivity index (χ3v) is 4.68. The third-order valence-electron chi connectivity index (χ3n) is 2.94. The zero-order valence-electron chi connectivity index (χ0n) is 13.3. The van der Waals surface area contributed by atoms with Crippen molar-refractivity contribution in [3.8, 4) is 11.5 Å². The van der Waals surface area contributed by atoms with Gasteiger partial charge in [-0.3, -0.25) is 0 Å². The summed E-state index contributed by atoms with van der Waals surface area (Å²) >= 11 is 0. The Hall–Kier alpha value is -1.52. The molecule has 8 nitrogen and oxygen atoms in total. The van der Waals surface area contributed by atoms with Gasteiger partial charge in [-0.05, 0) is 37.1 Å². The molecule has 0 fully saturated rings. The average Bonchev–Trinajstić information content (AvgIpc) is 2.43. The number of para-hydroxylation sites is 2. The van der Waals surface area contributed by atoms with Gasteiger partial charge in [0.25, 0.3) is 0 Å². The molecule has 132 valence electrons. The van der Waals surface area contributed by atoms with Crippen LogP contribution in [-0.2, 0) is 39.7 Å². The quantitative estimate of drug-likeness (QED) is 0.522. The number of hydrogen-bond acceptors (Lipinski definition) is 8. The van der Waals surface area contributed by atoms with Crippen molar-refractivity contribution in [3.63, 3.8) is 0 Å². The second-order valence-corrected chi connectivity index (χ2v) is 7.45. The molecule has 0 bridgehead atoms. The summed E-state index contributed by atoms with van der Waals surface area (Å²) in [7, 11) is -9.11.